The number of hydrogen-bond acceptors (Lipinski definition) is 5. The zero-order valence-corrected chi connectivity index (χ0v) is 8.10. The summed E-state index contributed by atoms with van der Waals surface area (Å²) < 4.78 is 0. The van der Waals surface area contributed by atoms with E-state index in [-0.39, 0.29) is 5.95 Å². The monoisotopic (exact) mass is 189 g/mol. The Labute approximate surface area is 81.6 Å². The Bertz CT molecular complexity index is 466. The van der Waals surface area contributed by atoms with Gasteiger partial charge in [-0.25, -0.2) is 15.0 Å². The van der Waals surface area contributed by atoms with E-state index in [0.717, 1.165) is 16.7 Å². The van der Waals surface area contributed by atoms with E-state index in [2.05, 4.69) is 15.0 Å². The minimum atomic E-state index is 0.272. The van der Waals surface area contributed by atoms with Crippen molar-refractivity contribution < 1.29 is 0 Å². The summed E-state index contributed by atoms with van der Waals surface area (Å²) in [7, 11) is 3.83. The first-order valence-corrected chi connectivity index (χ1v) is 4.23. The zero-order chi connectivity index (χ0) is 10.1. The lowest BCUT2D eigenvalue weighted by Crippen LogP contribution is -2.11. The Morgan fingerprint density at radius 2 is 2.07 bits per heavy atom. The van der Waals surface area contributed by atoms with E-state index in [0.29, 0.717) is 0 Å². The smallest absolute Gasteiger partial charge is 0.220 e. The highest BCUT2D eigenvalue weighted by Gasteiger charge is 2.05. The minimum absolute atomic E-state index is 0.272. The zero-order valence-electron chi connectivity index (χ0n) is 8.10. The van der Waals surface area contributed by atoms with Gasteiger partial charge in [0.2, 0.25) is 5.95 Å². The number of pyridine rings is 1. The van der Waals surface area contributed by atoms with Crippen LogP contribution in [0.5, 0.6) is 0 Å². The molecule has 0 unspecified atom stereocenters. The maximum atomic E-state index is 5.52. The fourth-order valence-electron chi connectivity index (χ4n) is 1.28. The van der Waals surface area contributed by atoms with Gasteiger partial charge in [-0.1, -0.05) is 0 Å². The van der Waals surface area contributed by atoms with Crippen LogP contribution in [-0.4, -0.2) is 29.0 Å². The predicted molar refractivity (Wildman–Crippen MR) is 56.1 cm³/mol. The number of nitrogens with zero attached hydrogens (tertiary/aromatic N) is 4. The minimum Gasteiger partial charge on any atom is -0.368 e. The molecule has 0 fully saturated rings. The van der Waals surface area contributed by atoms with Crippen molar-refractivity contribution in [1.82, 2.24) is 15.0 Å². The topological polar surface area (TPSA) is 67.9 Å². The van der Waals surface area contributed by atoms with E-state index >= 15 is 0 Å². The molecule has 5 heteroatoms. The van der Waals surface area contributed by atoms with Crippen molar-refractivity contribution in [2.75, 3.05) is 24.7 Å². The summed E-state index contributed by atoms with van der Waals surface area (Å²) in [5.41, 5.74) is 6.31. The van der Waals surface area contributed by atoms with Crippen LogP contribution in [0.2, 0.25) is 0 Å². The lowest BCUT2D eigenvalue weighted by atomic mass is 10.3. The molecule has 0 aliphatic heterocycles. The molecule has 5 nitrogen and oxygen atoms in total. The van der Waals surface area contributed by atoms with Crippen LogP contribution in [0.3, 0.4) is 0 Å². The molecule has 0 radical (unpaired) electrons. The predicted octanol–water partition coefficient (Wildman–Crippen LogP) is 0.673. The molecule has 0 atom stereocenters. The Morgan fingerprint density at radius 1 is 1.29 bits per heavy atom. The second-order valence-electron chi connectivity index (χ2n) is 3.20. The summed E-state index contributed by atoms with van der Waals surface area (Å²) in [5, 5.41) is 0.943. The van der Waals surface area contributed by atoms with Crippen LogP contribution in [0.25, 0.3) is 10.9 Å². The van der Waals surface area contributed by atoms with E-state index in [9.17, 15) is 0 Å². The molecule has 0 saturated carbocycles. The van der Waals surface area contributed by atoms with Gasteiger partial charge in [0.15, 0.2) is 5.82 Å². The van der Waals surface area contributed by atoms with Gasteiger partial charge in [0.1, 0.15) is 5.52 Å². The molecule has 0 aliphatic rings. The third-order valence-corrected chi connectivity index (χ3v) is 1.92. The van der Waals surface area contributed by atoms with Crippen LogP contribution in [0.15, 0.2) is 18.5 Å². The number of anilines is 2. The van der Waals surface area contributed by atoms with Gasteiger partial charge in [-0.3, -0.25) is 0 Å². The SMILES string of the molecule is CN(C)c1nccc2cnc(N)nc12. The number of rotatable bonds is 1. The summed E-state index contributed by atoms with van der Waals surface area (Å²) in [5.74, 6) is 1.07. The highest BCUT2D eigenvalue weighted by molar-refractivity contribution is 5.88. The van der Waals surface area contributed by atoms with Gasteiger partial charge in [-0.05, 0) is 6.07 Å². The van der Waals surface area contributed by atoms with Crippen LogP contribution in [0, 0.1) is 0 Å². The van der Waals surface area contributed by atoms with Crippen molar-refractivity contribution in [3.05, 3.63) is 18.5 Å². The fraction of sp³-hybridized carbons (Fsp3) is 0.222. The van der Waals surface area contributed by atoms with Crippen molar-refractivity contribution in [2.24, 2.45) is 0 Å². The van der Waals surface area contributed by atoms with Crippen LogP contribution in [0.1, 0.15) is 0 Å². The Morgan fingerprint density at radius 3 is 2.79 bits per heavy atom. The first-order chi connectivity index (χ1) is 6.68. The van der Waals surface area contributed by atoms with Gasteiger partial charge in [0, 0.05) is 31.9 Å². The Balaban J connectivity index is 2.77. The van der Waals surface area contributed by atoms with Crippen molar-refractivity contribution in [2.45, 2.75) is 0 Å². The van der Waals surface area contributed by atoms with Gasteiger partial charge < -0.3 is 10.6 Å². The summed E-state index contributed by atoms with van der Waals surface area (Å²) in [6.07, 6.45) is 3.43. The van der Waals surface area contributed by atoms with Crippen molar-refractivity contribution in [3.63, 3.8) is 0 Å². The van der Waals surface area contributed by atoms with Crippen molar-refractivity contribution in [1.29, 1.82) is 0 Å². The number of aromatic nitrogens is 3. The molecular formula is C9H11N5. The normalized spacial score (nSPS) is 10.4. The summed E-state index contributed by atoms with van der Waals surface area (Å²) in [6, 6.07) is 1.86. The molecule has 2 heterocycles. The number of nitrogen functional groups attached to an aromatic ring is 1. The molecule has 2 N–H and O–H groups in total. The molecule has 0 bridgehead atoms. The van der Waals surface area contributed by atoms with E-state index in [1.54, 1.807) is 12.4 Å². The molecule has 2 aromatic rings. The molecule has 0 spiro atoms. The lowest BCUT2D eigenvalue weighted by molar-refractivity contribution is 1.07. The molecule has 0 aliphatic carbocycles. The maximum absolute atomic E-state index is 5.52. The van der Waals surface area contributed by atoms with Gasteiger partial charge in [-0.15, -0.1) is 0 Å². The second kappa shape index (κ2) is 3.10. The molecule has 14 heavy (non-hydrogen) atoms. The highest BCUT2D eigenvalue weighted by Crippen LogP contribution is 2.20. The summed E-state index contributed by atoms with van der Waals surface area (Å²) in [4.78, 5) is 14.2. The summed E-state index contributed by atoms with van der Waals surface area (Å²) >= 11 is 0. The molecule has 72 valence electrons. The molecule has 2 rings (SSSR count). The van der Waals surface area contributed by atoms with Gasteiger partial charge in [0.25, 0.3) is 0 Å². The standard InChI is InChI=1S/C9H11N5/c1-14(2)8-7-6(3-4-11-8)5-12-9(10)13-7/h3-5H,1-2H3,(H2,10,12,13). The highest BCUT2D eigenvalue weighted by atomic mass is 15.1. The van der Waals surface area contributed by atoms with Gasteiger partial charge in [0.05, 0.1) is 0 Å². The quantitative estimate of drug-likeness (QED) is 0.714. The lowest BCUT2D eigenvalue weighted by Gasteiger charge is -2.12. The van der Waals surface area contributed by atoms with Crippen LogP contribution in [-0.2, 0) is 0 Å². The molecule has 0 aromatic carbocycles. The van der Waals surface area contributed by atoms with Crippen LogP contribution >= 0.6 is 0 Å². The van der Waals surface area contributed by atoms with E-state index in [1.165, 1.54) is 0 Å². The molecular weight excluding hydrogens is 178 g/mol. The Hall–Kier alpha value is -1.91. The average molecular weight is 189 g/mol. The van der Waals surface area contributed by atoms with E-state index in [4.69, 9.17) is 5.73 Å². The number of nitrogens with two attached hydrogens (primary N) is 1. The third kappa shape index (κ3) is 1.32. The molecule has 0 saturated heterocycles. The average Bonchev–Trinajstić information content (AvgIpc) is 2.16. The maximum Gasteiger partial charge on any atom is 0.220 e. The molecule has 2 aromatic heterocycles. The van der Waals surface area contributed by atoms with E-state index in [1.807, 2.05) is 25.1 Å². The van der Waals surface area contributed by atoms with Crippen molar-refractivity contribution >= 4 is 22.7 Å². The molecule has 0 amide bonds. The van der Waals surface area contributed by atoms with Crippen molar-refractivity contribution in [3.8, 4) is 0 Å². The number of hydrogen-bond donors (Lipinski definition) is 1. The van der Waals surface area contributed by atoms with Gasteiger partial charge >= 0.3 is 0 Å². The van der Waals surface area contributed by atoms with Gasteiger partial charge in [-0.2, -0.15) is 0 Å². The van der Waals surface area contributed by atoms with Crippen LogP contribution < -0.4 is 10.6 Å². The second-order valence-corrected chi connectivity index (χ2v) is 3.20. The largest absolute Gasteiger partial charge is 0.368 e. The Kier molecular flexibility index (Phi) is 1.92. The number of fused-ring (bicyclic) bond motifs is 1. The van der Waals surface area contributed by atoms with Crippen LogP contribution in [0.4, 0.5) is 11.8 Å². The third-order valence-electron chi connectivity index (χ3n) is 1.92. The first kappa shape index (κ1) is 8.68. The summed E-state index contributed by atoms with van der Waals surface area (Å²) in [6.45, 7) is 0. The van der Waals surface area contributed by atoms with E-state index < -0.39 is 0 Å². The fourth-order valence-corrected chi connectivity index (χ4v) is 1.28. The first-order valence-electron chi connectivity index (χ1n) is 4.23.